The fourth-order valence-electron chi connectivity index (χ4n) is 0.470. The van der Waals surface area contributed by atoms with Crippen molar-refractivity contribution in [3.05, 3.63) is 0 Å². The standard InChI is InChI=1S/C6H13BO3/c7-1-3-9-5-6-10-4-2-8/h8H,1-6H2. The Labute approximate surface area is 62.7 Å². The molecule has 0 saturated heterocycles. The molecule has 0 fully saturated rings. The van der Waals surface area contributed by atoms with Crippen LogP contribution in [-0.4, -0.2) is 46.0 Å². The van der Waals surface area contributed by atoms with Crippen molar-refractivity contribution in [1.82, 2.24) is 0 Å². The molecule has 0 aromatic rings. The van der Waals surface area contributed by atoms with Crippen molar-refractivity contribution < 1.29 is 14.6 Å². The summed E-state index contributed by atoms with van der Waals surface area (Å²) in [6, 6.07) is 0. The Bertz CT molecular complexity index is 53.0. The van der Waals surface area contributed by atoms with Gasteiger partial charge in [-0.25, -0.2) is 0 Å². The van der Waals surface area contributed by atoms with E-state index in [0.29, 0.717) is 32.7 Å². The second-order valence-corrected chi connectivity index (χ2v) is 1.74. The molecule has 0 unspecified atom stereocenters. The van der Waals surface area contributed by atoms with Crippen LogP contribution in [0.4, 0.5) is 0 Å². The number of rotatable bonds is 7. The van der Waals surface area contributed by atoms with Crippen molar-refractivity contribution in [3.8, 4) is 0 Å². The summed E-state index contributed by atoms with van der Waals surface area (Å²) in [6.07, 6.45) is 0.542. The van der Waals surface area contributed by atoms with Gasteiger partial charge in [-0.1, -0.05) is 6.32 Å². The van der Waals surface area contributed by atoms with Gasteiger partial charge in [0, 0.05) is 6.61 Å². The second-order valence-electron chi connectivity index (χ2n) is 1.74. The van der Waals surface area contributed by atoms with Crippen LogP contribution in [0.2, 0.25) is 6.32 Å². The van der Waals surface area contributed by atoms with Crippen molar-refractivity contribution in [1.29, 1.82) is 0 Å². The largest absolute Gasteiger partial charge is 0.394 e. The molecule has 0 spiro atoms. The van der Waals surface area contributed by atoms with Crippen LogP contribution in [0, 0.1) is 0 Å². The molecule has 0 aliphatic rings. The van der Waals surface area contributed by atoms with Crippen LogP contribution in [0.15, 0.2) is 0 Å². The Balaban J connectivity index is 2.65. The molecule has 4 heteroatoms. The molecule has 0 heterocycles. The lowest BCUT2D eigenvalue weighted by molar-refractivity contribution is 0.0371. The Morgan fingerprint density at radius 3 is 2.10 bits per heavy atom. The summed E-state index contributed by atoms with van der Waals surface area (Å²) in [7, 11) is 5.16. The van der Waals surface area contributed by atoms with Crippen molar-refractivity contribution in [3.63, 3.8) is 0 Å². The van der Waals surface area contributed by atoms with Gasteiger partial charge in [-0.05, 0) is 0 Å². The summed E-state index contributed by atoms with van der Waals surface area (Å²) >= 11 is 0. The van der Waals surface area contributed by atoms with Gasteiger partial charge in [0.15, 0.2) is 0 Å². The average Bonchev–Trinajstić information content (AvgIpc) is 1.97. The van der Waals surface area contributed by atoms with Crippen LogP contribution in [0.5, 0.6) is 0 Å². The van der Waals surface area contributed by atoms with Crippen molar-refractivity contribution in [2.45, 2.75) is 6.32 Å². The first-order valence-electron chi connectivity index (χ1n) is 3.38. The molecular formula is C6H13BO3. The van der Waals surface area contributed by atoms with Gasteiger partial charge in [-0.15, -0.1) is 0 Å². The lowest BCUT2D eigenvalue weighted by atomic mass is 10.1. The Morgan fingerprint density at radius 2 is 1.60 bits per heavy atom. The maximum absolute atomic E-state index is 8.28. The molecule has 10 heavy (non-hydrogen) atoms. The molecule has 0 saturated carbocycles. The Kier molecular flexibility index (Phi) is 8.90. The van der Waals surface area contributed by atoms with Gasteiger partial charge < -0.3 is 14.6 Å². The van der Waals surface area contributed by atoms with E-state index in [0.717, 1.165) is 0 Å². The van der Waals surface area contributed by atoms with Gasteiger partial charge in [0.25, 0.3) is 0 Å². The normalized spacial score (nSPS) is 10.1. The first kappa shape index (κ1) is 9.94. The molecule has 1 N–H and O–H groups in total. The van der Waals surface area contributed by atoms with E-state index in [4.69, 9.17) is 22.4 Å². The number of ether oxygens (including phenoxy) is 2. The molecule has 0 atom stereocenters. The fourth-order valence-corrected chi connectivity index (χ4v) is 0.470. The molecule has 0 aromatic carbocycles. The first-order chi connectivity index (χ1) is 4.91. The third-order valence-corrected chi connectivity index (χ3v) is 0.870. The number of hydrogen-bond acceptors (Lipinski definition) is 3. The van der Waals surface area contributed by atoms with Crippen LogP contribution in [0.1, 0.15) is 0 Å². The van der Waals surface area contributed by atoms with Gasteiger partial charge in [0.1, 0.15) is 0 Å². The molecule has 3 nitrogen and oxygen atoms in total. The summed E-state index contributed by atoms with van der Waals surface area (Å²) in [5.41, 5.74) is 0. The molecule has 0 bridgehead atoms. The first-order valence-corrected chi connectivity index (χ1v) is 3.38. The maximum atomic E-state index is 8.28. The van der Waals surface area contributed by atoms with Crippen LogP contribution in [-0.2, 0) is 9.47 Å². The molecule has 2 radical (unpaired) electrons. The van der Waals surface area contributed by atoms with E-state index in [1.54, 1.807) is 0 Å². The van der Waals surface area contributed by atoms with Gasteiger partial charge in [-0.2, -0.15) is 0 Å². The van der Waals surface area contributed by atoms with E-state index < -0.39 is 0 Å². The minimum atomic E-state index is 0.0664. The van der Waals surface area contributed by atoms with Crippen molar-refractivity contribution in [2.75, 3.05) is 33.0 Å². The predicted molar refractivity (Wildman–Crippen MR) is 39.3 cm³/mol. The van der Waals surface area contributed by atoms with Crippen LogP contribution in [0.3, 0.4) is 0 Å². The molecule has 0 amide bonds. The van der Waals surface area contributed by atoms with Crippen LogP contribution < -0.4 is 0 Å². The highest BCUT2D eigenvalue weighted by Crippen LogP contribution is 1.79. The number of aliphatic hydroxyl groups excluding tert-OH is 1. The van der Waals surface area contributed by atoms with E-state index in [2.05, 4.69) is 0 Å². The molecule has 0 aromatic heterocycles. The Morgan fingerprint density at radius 1 is 1.00 bits per heavy atom. The SMILES string of the molecule is [B]CCOCCOCCO. The summed E-state index contributed by atoms with van der Waals surface area (Å²) in [5, 5.41) is 8.28. The zero-order valence-electron chi connectivity index (χ0n) is 6.08. The molecule has 0 rings (SSSR count). The predicted octanol–water partition coefficient (Wildman–Crippen LogP) is -0.401. The third kappa shape index (κ3) is 7.94. The quantitative estimate of drug-likeness (QED) is 0.390. The van der Waals surface area contributed by atoms with E-state index in [1.807, 2.05) is 0 Å². The monoisotopic (exact) mass is 144 g/mol. The van der Waals surface area contributed by atoms with Gasteiger partial charge >= 0.3 is 0 Å². The van der Waals surface area contributed by atoms with Gasteiger partial charge in [0.05, 0.1) is 34.3 Å². The molecule has 0 aliphatic carbocycles. The summed E-state index contributed by atoms with van der Waals surface area (Å²) < 4.78 is 9.91. The van der Waals surface area contributed by atoms with E-state index >= 15 is 0 Å². The van der Waals surface area contributed by atoms with Crippen LogP contribution >= 0.6 is 0 Å². The van der Waals surface area contributed by atoms with Crippen molar-refractivity contribution in [2.24, 2.45) is 0 Å². The number of aliphatic hydroxyl groups is 1. The minimum absolute atomic E-state index is 0.0664. The van der Waals surface area contributed by atoms with E-state index in [1.165, 1.54) is 0 Å². The lowest BCUT2D eigenvalue weighted by Gasteiger charge is -2.02. The third-order valence-electron chi connectivity index (χ3n) is 0.870. The zero-order chi connectivity index (χ0) is 7.66. The Hall–Kier alpha value is -0.0551. The zero-order valence-corrected chi connectivity index (χ0v) is 6.08. The highest BCUT2D eigenvalue weighted by molar-refractivity contribution is 6.08. The topological polar surface area (TPSA) is 38.7 Å². The number of hydrogen-bond donors (Lipinski definition) is 1. The van der Waals surface area contributed by atoms with Gasteiger partial charge in [-0.3, -0.25) is 0 Å². The fraction of sp³-hybridized carbons (Fsp3) is 1.00. The average molecular weight is 144 g/mol. The van der Waals surface area contributed by atoms with Crippen molar-refractivity contribution >= 4 is 7.85 Å². The summed E-state index contributed by atoms with van der Waals surface area (Å²) in [5.74, 6) is 0. The summed E-state index contributed by atoms with van der Waals surface area (Å²) in [6.45, 7) is 2.10. The highest BCUT2D eigenvalue weighted by Gasteiger charge is 1.86. The smallest absolute Gasteiger partial charge is 0.0701 e. The van der Waals surface area contributed by atoms with E-state index in [9.17, 15) is 0 Å². The second kappa shape index (κ2) is 8.94. The highest BCUT2D eigenvalue weighted by atomic mass is 16.5. The molecular weight excluding hydrogens is 131 g/mol. The van der Waals surface area contributed by atoms with Crippen LogP contribution in [0.25, 0.3) is 0 Å². The lowest BCUT2D eigenvalue weighted by Crippen LogP contribution is -2.07. The molecule has 58 valence electrons. The minimum Gasteiger partial charge on any atom is -0.394 e. The molecule has 0 aliphatic heterocycles. The van der Waals surface area contributed by atoms with Gasteiger partial charge in [0.2, 0.25) is 0 Å². The summed E-state index contributed by atoms with van der Waals surface area (Å²) in [4.78, 5) is 0. The maximum Gasteiger partial charge on any atom is 0.0701 e. The van der Waals surface area contributed by atoms with E-state index in [-0.39, 0.29) is 6.61 Å².